The van der Waals surface area contributed by atoms with E-state index in [-0.39, 0.29) is 46.2 Å². The highest BCUT2D eigenvalue weighted by molar-refractivity contribution is 5.88. The Hall–Kier alpha value is -3.75. The Morgan fingerprint density at radius 1 is 0.757 bits per heavy atom. The summed E-state index contributed by atoms with van der Waals surface area (Å²) in [4.78, 5) is 0. The fourth-order valence-electron chi connectivity index (χ4n) is 4.05. The lowest BCUT2D eigenvalue weighted by Gasteiger charge is -2.12. The van der Waals surface area contributed by atoms with Crippen LogP contribution in [0.25, 0.3) is 21.9 Å². The van der Waals surface area contributed by atoms with Crippen LogP contribution in [-0.2, 0) is 12.8 Å². The van der Waals surface area contributed by atoms with Crippen molar-refractivity contribution in [3.05, 3.63) is 94.8 Å². The Balaban J connectivity index is 1.57. The van der Waals surface area contributed by atoms with Crippen LogP contribution in [0.5, 0.6) is 11.5 Å². The number of benzene rings is 4. The summed E-state index contributed by atoms with van der Waals surface area (Å²) < 4.78 is 106. The molecule has 194 valence electrons. The molecule has 0 bridgehead atoms. The van der Waals surface area contributed by atoms with Gasteiger partial charge in [-0.05, 0) is 59.5 Å². The average Bonchev–Trinajstić information content (AvgIpc) is 2.84. The molecule has 4 aromatic rings. The lowest BCUT2D eigenvalue weighted by atomic mass is 9.96. The van der Waals surface area contributed by atoms with Crippen molar-refractivity contribution < 1.29 is 40.2 Å². The molecule has 0 amide bonds. The van der Waals surface area contributed by atoms with E-state index in [1.807, 2.05) is 6.92 Å². The number of fused-ring (bicyclic) bond motifs is 1. The van der Waals surface area contributed by atoms with Crippen molar-refractivity contribution in [2.24, 2.45) is 0 Å². The van der Waals surface area contributed by atoms with Crippen LogP contribution >= 0.6 is 0 Å². The van der Waals surface area contributed by atoms with Crippen LogP contribution in [0.4, 0.5) is 30.7 Å². The first-order chi connectivity index (χ1) is 17.7. The first-order valence-electron chi connectivity index (χ1n) is 11.4. The monoisotopic (exact) mass is 522 g/mol. The number of hydrogen-bond acceptors (Lipinski definition) is 2. The lowest BCUT2D eigenvalue weighted by molar-refractivity contribution is -0.0546. The largest absolute Gasteiger partial charge is 0.493 e. The van der Waals surface area contributed by atoms with E-state index in [0.29, 0.717) is 18.4 Å². The number of alkyl halides is 2. The molecule has 0 N–H and O–H groups in total. The molecule has 0 unspecified atom stereocenters. The summed E-state index contributed by atoms with van der Waals surface area (Å²) in [5.74, 6) is -5.89. The first-order valence-corrected chi connectivity index (χ1v) is 11.4. The van der Waals surface area contributed by atoms with E-state index in [4.69, 9.17) is 4.74 Å². The maximum atomic E-state index is 15.2. The fraction of sp³-hybridized carbons (Fsp3) is 0.214. The zero-order valence-electron chi connectivity index (χ0n) is 19.6. The summed E-state index contributed by atoms with van der Waals surface area (Å²) in [5.41, 5.74) is 0.319. The predicted molar refractivity (Wildman–Crippen MR) is 125 cm³/mol. The van der Waals surface area contributed by atoms with Gasteiger partial charge < -0.3 is 9.47 Å². The Kier molecular flexibility index (Phi) is 7.90. The van der Waals surface area contributed by atoms with Gasteiger partial charge in [-0.2, -0.15) is 8.78 Å². The van der Waals surface area contributed by atoms with Gasteiger partial charge in [0.1, 0.15) is 23.2 Å². The first kappa shape index (κ1) is 26.3. The maximum Gasteiger partial charge on any atom is 0.387 e. The van der Waals surface area contributed by atoms with E-state index in [9.17, 15) is 26.3 Å². The smallest absolute Gasteiger partial charge is 0.387 e. The van der Waals surface area contributed by atoms with E-state index in [1.54, 1.807) is 6.07 Å². The van der Waals surface area contributed by atoms with Crippen LogP contribution in [-0.4, -0.2) is 13.2 Å². The number of halogens is 7. The minimum absolute atomic E-state index is 0.0200. The van der Waals surface area contributed by atoms with Crippen molar-refractivity contribution >= 4 is 10.8 Å². The highest BCUT2D eigenvalue weighted by atomic mass is 19.3. The van der Waals surface area contributed by atoms with Crippen molar-refractivity contribution in [2.75, 3.05) is 6.61 Å². The van der Waals surface area contributed by atoms with E-state index < -0.39 is 41.4 Å². The van der Waals surface area contributed by atoms with E-state index in [1.165, 1.54) is 24.3 Å². The number of aryl methyl sites for hydroxylation is 2. The molecule has 0 aliphatic heterocycles. The molecule has 0 saturated carbocycles. The van der Waals surface area contributed by atoms with Crippen molar-refractivity contribution in [2.45, 2.75) is 32.8 Å². The third kappa shape index (κ3) is 5.81. The minimum atomic E-state index is -3.38. The van der Waals surface area contributed by atoms with E-state index >= 15 is 4.39 Å². The molecule has 0 heterocycles. The zero-order chi connectivity index (χ0) is 26.7. The van der Waals surface area contributed by atoms with Gasteiger partial charge in [-0.25, -0.2) is 22.0 Å². The second-order valence-corrected chi connectivity index (χ2v) is 8.35. The fourth-order valence-corrected chi connectivity index (χ4v) is 4.05. The van der Waals surface area contributed by atoms with Crippen LogP contribution in [0.1, 0.15) is 24.5 Å². The van der Waals surface area contributed by atoms with Gasteiger partial charge in [-0.15, -0.1) is 0 Å². The maximum absolute atomic E-state index is 15.2. The van der Waals surface area contributed by atoms with E-state index in [0.717, 1.165) is 24.3 Å². The van der Waals surface area contributed by atoms with E-state index in [2.05, 4.69) is 4.74 Å². The number of hydrogen-bond donors (Lipinski definition) is 0. The van der Waals surface area contributed by atoms with Crippen molar-refractivity contribution in [1.29, 1.82) is 0 Å². The molecular formula is C28H21F7O2. The highest BCUT2D eigenvalue weighted by Crippen LogP contribution is 2.33. The molecule has 0 saturated heterocycles. The Labute approximate surface area is 208 Å². The topological polar surface area (TPSA) is 18.5 Å². The van der Waals surface area contributed by atoms with Crippen LogP contribution in [0.15, 0.2) is 54.6 Å². The summed E-state index contributed by atoms with van der Waals surface area (Å²) in [6, 6.07) is 11.2. The molecule has 0 aromatic heterocycles. The van der Waals surface area contributed by atoms with Gasteiger partial charge in [0.05, 0.1) is 12.2 Å². The molecule has 9 heteroatoms. The van der Waals surface area contributed by atoms with Crippen LogP contribution in [0.2, 0.25) is 0 Å². The molecule has 0 atom stereocenters. The van der Waals surface area contributed by atoms with Gasteiger partial charge in [0.2, 0.25) is 0 Å². The van der Waals surface area contributed by atoms with Crippen LogP contribution in [0.3, 0.4) is 0 Å². The number of rotatable bonds is 9. The standard InChI is InChI=1S/C28H21F7O2/c1-2-9-36-19-13-21(29)25(22(30)14-19)18-7-8-20-17(12-18)6-5-16(26(20)33)4-3-15-10-23(31)27(24(32)11-15)37-28(34)35/h5-8,10-14,28H,2-4,9H2,1H3. The van der Waals surface area contributed by atoms with Gasteiger partial charge in [-0.3, -0.25) is 0 Å². The quantitative estimate of drug-likeness (QED) is 0.206. The van der Waals surface area contributed by atoms with Gasteiger partial charge in [0.25, 0.3) is 0 Å². The molecule has 4 aromatic carbocycles. The van der Waals surface area contributed by atoms with Crippen molar-refractivity contribution in [3.63, 3.8) is 0 Å². The predicted octanol–water partition coefficient (Wildman–Crippen LogP) is 8.38. The molecule has 0 aliphatic carbocycles. The highest BCUT2D eigenvalue weighted by Gasteiger charge is 2.18. The third-order valence-corrected chi connectivity index (χ3v) is 5.76. The Morgan fingerprint density at radius 2 is 1.43 bits per heavy atom. The van der Waals surface area contributed by atoms with Gasteiger partial charge in [0.15, 0.2) is 17.4 Å². The SMILES string of the molecule is CCCOc1cc(F)c(-c2ccc3c(F)c(CCc4cc(F)c(OC(F)F)c(F)c4)ccc3c2)c(F)c1. The lowest BCUT2D eigenvalue weighted by Crippen LogP contribution is -2.06. The van der Waals surface area contributed by atoms with Gasteiger partial charge in [0, 0.05) is 17.5 Å². The normalized spacial score (nSPS) is 11.4. The second kappa shape index (κ2) is 11.1. The molecule has 0 fully saturated rings. The average molecular weight is 522 g/mol. The van der Waals surface area contributed by atoms with Gasteiger partial charge >= 0.3 is 6.61 Å². The summed E-state index contributed by atoms with van der Waals surface area (Å²) in [5, 5.41) is 0.595. The zero-order valence-corrected chi connectivity index (χ0v) is 19.6. The summed E-state index contributed by atoms with van der Waals surface area (Å²) in [6.45, 7) is -1.20. The number of ether oxygens (including phenoxy) is 2. The third-order valence-electron chi connectivity index (χ3n) is 5.76. The molecule has 37 heavy (non-hydrogen) atoms. The summed E-state index contributed by atoms with van der Waals surface area (Å²) in [6.07, 6.45) is 0.756. The molecular weight excluding hydrogens is 501 g/mol. The second-order valence-electron chi connectivity index (χ2n) is 8.35. The summed E-state index contributed by atoms with van der Waals surface area (Å²) in [7, 11) is 0. The van der Waals surface area contributed by atoms with Crippen molar-refractivity contribution in [3.8, 4) is 22.6 Å². The molecule has 0 radical (unpaired) electrons. The molecule has 0 spiro atoms. The van der Waals surface area contributed by atoms with Gasteiger partial charge in [-0.1, -0.05) is 31.2 Å². The Bertz CT molecular complexity index is 1390. The minimum Gasteiger partial charge on any atom is -0.493 e. The van der Waals surface area contributed by atoms with Crippen LogP contribution < -0.4 is 9.47 Å². The molecule has 2 nitrogen and oxygen atoms in total. The van der Waals surface area contributed by atoms with Crippen molar-refractivity contribution in [1.82, 2.24) is 0 Å². The summed E-state index contributed by atoms with van der Waals surface area (Å²) >= 11 is 0. The molecule has 4 rings (SSSR count). The Morgan fingerprint density at radius 3 is 2.05 bits per heavy atom. The molecule has 0 aliphatic rings. The van der Waals surface area contributed by atoms with Crippen LogP contribution in [0, 0.1) is 29.1 Å².